The van der Waals surface area contributed by atoms with Gasteiger partial charge in [0.1, 0.15) is 6.04 Å². The predicted molar refractivity (Wildman–Crippen MR) is 95.2 cm³/mol. The van der Waals surface area contributed by atoms with E-state index in [0.29, 0.717) is 6.54 Å². The van der Waals surface area contributed by atoms with Crippen molar-refractivity contribution in [2.24, 2.45) is 0 Å². The molecule has 0 unspecified atom stereocenters. The first kappa shape index (κ1) is 15.7. The summed E-state index contributed by atoms with van der Waals surface area (Å²) in [5.41, 5.74) is 2.98. The lowest BCUT2D eigenvalue weighted by Gasteiger charge is -2.14. The van der Waals surface area contributed by atoms with E-state index in [-0.39, 0.29) is 11.9 Å². The van der Waals surface area contributed by atoms with Gasteiger partial charge >= 0.3 is 0 Å². The summed E-state index contributed by atoms with van der Waals surface area (Å²) in [4.78, 5) is 12.5. The molecule has 3 aromatic rings. The minimum atomic E-state index is -0.360. The van der Waals surface area contributed by atoms with Crippen molar-refractivity contribution < 1.29 is 4.79 Å². The molecule has 0 saturated carbocycles. The Morgan fingerprint density at radius 1 is 1.26 bits per heavy atom. The van der Waals surface area contributed by atoms with Crippen molar-refractivity contribution in [1.82, 2.24) is 15.1 Å². The average Bonchev–Trinajstić information content (AvgIpc) is 2.89. The summed E-state index contributed by atoms with van der Waals surface area (Å²) in [6.07, 6.45) is 0. The number of para-hydroxylation sites is 1. The number of hydrogen-bond acceptors (Lipinski definition) is 2. The van der Waals surface area contributed by atoms with Gasteiger partial charge in [-0.25, -0.2) is 0 Å². The Kier molecular flexibility index (Phi) is 4.48. The van der Waals surface area contributed by atoms with Crippen LogP contribution < -0.4 is 5.32 Å². The molecule has 0 bridgehead atoms. The van der Waals surface area contributed by atoms with E-state index in [1.54, 1.807) is 4.68 Å². The summed E-state index contributed by atoms with van der Waals surface area (Å²) in [5, 5.41) is 8.59. The number of aromatic nitrogens is 2. The number of rotatable bonds is 4. The monoisotopic (exact) mass is 371 g/mol. The summed E-state index contributed by atoms with van der Waals surface area (Å²) in [6, 6.07) is 15.5. The highest BCUT2D eigenvalue weighted by Gasteiger charge is 2.18. The Labute approximate surface area is 143 Å². The van der Waals surface area contributed by atoms with Gasteiger partial charge in [0.05, 0.1) is 11.2 Å². The highest BCUT2D eigenvalue weighted by Crippen LogP contribution is 2.21. The molecule has 0 aliphatic rings. The largest absolute Gasteiger partial charge is 0.350 e. The van der Waals surface area contributed by atoms with Crippen molar-refractivity contribution in [2.75, 3.05) is 0 Å². The minimum Gasteiger partial charge on any atom is -0.350 e. The van der Waals surface area contributed by atoms with Gasteiger partial charge in [0.15, 0.2) is 0 Å². The molecule has 0 aliphatic carbocycles. The molecule has 1 aromatic heterocycles. The second-order valence-corrected chi connectivity index (χ2v) is 6.49. The molecule has 118 valence electrons. The second kappa shape index (κ2) is 6.54. The van der Waals surface area contributed by atoms with E-state index in [1.807, 2.05) is 62.4 Å². The van der Waals surface area contributed by atoms with Crippen LogP contribution in [0.3, 0.4) is 0 Å². The van der Waals surface area contributed by atoms with Crippen molar-refractivity contribution in [3.63, 3.8) is 0 Å². The van der Waals surface area contributed by atoms with E-state index in [2.05, 4.69) is 26.3 Å². The molecule has 4 nitrogen and oxygen atoms in total. The van der Waals surface area contributed by atoms with Crippen LogP contribution in [0.4, 0.5) is 0 Å². The van der Waals surface area contributed by atoms with Crippen LogP contribution in [0.1, 0.15) is 24.2 Å². The average molecular weight is 372 g/mol. The molecular weight excluding hydrogens is 354 g/mol. The van der Waals surface area contributed by atoms with Crippen LogP contribution in [-0.2, 0) is 11.3 Å². The van der Waals surface area contributed by atoms with Crippen LogP contribution in [0.5, 0.6) is 0 Å². The van der Waals surface area contributed by atoms with Crippen LogP contribution in [0.2, 0.25) is 0 Å². The van der Waals surface area contributed by atoms with Crippen LogP contribution in [0.15, 0.2) is 53.0 Å². The molecule has 0 spiro atoms. The number of benzene rings is 2. The normalized spacial score (nSPS) is 12.3. The molecule has 1 N–H and O–H groups in total. The van der Waals surface area contributed by atoms with Gasteiger partial charge in [0, 0.05) is 16.4 Å². The molecular formula is C18H18BrN3O. The lowest BCUT2D eigenvalue weighted by atomic mass is 10.2. The van der Waals surface area contributed by atoms with Gasteiger partial charge < -0.3 is 5.32 Å². The maximum absolute atomic E-state index is 12.5. The number of aryl methyl sites for hydroxylation is 1. The first-order valence-corrected chi connectivity index (χ1v) is 8.31. The van der Waals surface area contributed by atoms with E-state index >= 15 is 0 Å². The van der Waals surface area contributed by atoms with E-state index in [1.165, 1.54) is 0 Å². The number of carbonyl (C=O) groups is 1. The van der Waals surface area contributed by atoms with Crippen molar-refractivity contribution >= 4 is 32.7 Å². The molecule has 0 fully saturated rings. The summed E-state index contributed by atoms with van der Waals surface area (Å²) in [6.45, 7) is 4.33. The molecule has 23 heavy (non-hydrogen) atoms. The quantitative estimate of drug-likeness (QED) is 0.753. The lowest BCUT2D eigenvalue weighted by molar-refractivity contribution is -0.124. The lowest BCUT2D eigenvalue weighted by Crippen LogP contribution is -2.31. The van der Waals surface area contributed by atoms with Gasteiger partial charge in [-0.05, 0) is 37.6 Å². The Hall–Kier alpha value is -2.14. The smallest absolute Gasteiger partial charge is 0.244 e. The van der Waals surface area contributed by atoms with Crippen molar-refractivity contribution in [2.45, 2.75) is 26.4 Å². The van der Waals surface area contributed by atoms with Crippen LogP contribution in [0.25, 0.3) is 10.9 Å². The van der Waals surface area contributed by atoms with Gasteiger partial charge in [-0.3, -0.25) is 9.48 Å². The van der Waals surface area contributed by atoms with Gasteiger partial charge in [0.25, 0.3) is 0 Å². The zero-order valence-electron chi connectivity index (χ0n) is 13.1. The second-order valence-electron chi connectivity index (χ2n) is 5.57. The molecule has 1 heterocycles. The fraction of sp³-hybridized carbons (Fsp3) is 0.222. The van der Waals surface area contributed by atoms with Crippen molar-refractivity contribution in [3.05, 3.63) is 64.3 Å². The molecule has 1 atom stereocenters. The Balaban J connectivity index is 1.76. The third-order valence-electron chi connectivity index (χ3n) is 3.90. The summed E-state index contributed by atoms with van der Waals surface area (Å²) < 4.78 is 2.80. The first-order valence-electron chi connectivity index (χ1n) is 7.52. The number of nitrogens with zero attached hydrogens (tertiary/aromatic N) is 2. The Morgan fingerprint density at radius 3 is 2.83 bits per heavy atom. The molecule has 3 rings (SSSR count). The number of fused-ring (bicyclic) bond motifs is 1. The van der Waals surface area contributed by atoms with E-state index in [4.69, 9.17) is 0 Å². The van der Waals surface area contributed by atoms with Crippen LogP contribution >= 0.6 is 15.9 Å². The third-order valence-corrected chi connectivity index (χ3v) is 4.39. The highest BCUT2D eigenvalue weighted by atomic mass is 79.9. The first-order chi connectivity index (χ1) is 11.1. The van der Waals surface area contributed by atoms with Crippen LogP contribution in [-0.4, -0.2) is 15.7 Å². The van der Waals surface area contributed by atoms with Gasteiger partial charge in [0.2, 0.25) is 5.91 Å². The maximum Gasteiger partial charge on any atom is 0.244 e. The standard InChI is InChI=1S/C18H18BrN3O/c1-12-16-8-3-4-9-17(16)22(21-12)13(2)18(23)20-11-14-6-5-7-15(19)10-14/h3-10,13H,11H2,1-2H3,(H,20,23)/t13-/m1/s1. The number of carbonyl (C=O) groups excluding carboxylic acids is 1. The molecule has 0 aliphatic heterocycles. The van der Waals surface area contributed by atoms with Gasteiger partial charge in [-0.1, -0.05) is 46.3 Å². The zero-order chi connectivity index (χ0) is 16.4. The zero-order valence-corrected chi connectivity index (χ0v) is 14.7. The summed E-state index contributed by atoms with van der Waals surface area (Å²) >= 11 is 3.44. The maximum atomic E-state index is 12.5. The van der Waals surface area contributed by atoms with Crippen molar-refractivity contribution in [1.29, 1.82) is 0 Å². The summed E-state index contributed by atoms with van der Waals surface area (Å²) in [7, 11) is 0. The fourth-order valence-electron chi connectivity index (χ4n) is 2.64. The molecule has 0 saturated heterocycles. The topological polar surface area (TPSA) is 46.9 Å². The molecule has 1 amide bonds. The Bertz CT molecular complexity index is 856. The number of nitrogens with one attached hydrogen (secondary N) is 1. The highest BCUT2D eigenvalue weighted by molar-refractivity contribution is 9.10. The van der Waals surface area contributed by atoms with E-state index < -0.39 is 0 Å². The van der Waals surface area contributed by atoms with Crippen LogP contribution in [0, 0.1) is 6.92 Å². The minimum absolute atomic E-state index is 0.0433. The number of halogens is 1. The fourth-order valence-corrected chi connectivity index (χ4v) is 3.09. The van der Waals surface area contributed by atoms with E-state index in [9.17, 15) is 4.79 Å². The predicted octanol–water partition coefficient (Wildman–Crippen LogP) is 3.98. The van der Waals surface area contributed by atoms with Gasteiger partial charge in [-0.2, -0.15) is 5.10 Å². The molecule has 2 aromatic carbocycles. The SMILES string of the molecule is Cc1nn([C@H](C)C(=O)NCc2cccc(Br)c2)c2ccccc12. The molecule has 5 heteroatoms. The summed E-state index contributed by atoms with van der Waals surface area (Å²) in [5.74, 6) is -0.0433. The van der Waals surface area contributed by atoms with E-state index in [0.717, 1.165) is 26.6 Å². The third kappa shape index (κ3) is 3.29. The Morgan fingerprint density at radius 2 is 2.04 bits per heavy atom. The van der Waals surface area contributed by atoms with Crippen molar-refractivity contribution in [3.8, 4) is 0 Å². The molecule has 0 radical (unpaired) electrons. The number of hydrogen-bond donors (Lipinski definition) is 1. The van der Waals surface area contributed by atoms with Gasteiger partial charge in [-0.15, -0.1) is 0 Å². The number of amides is 1.